The van der Waals surface area contributed by atoms with Gasteiger partial charge in [0.15, 0.2) is 0 Å². The van der Waals surface area contributed by atoms with Crippen molar-refractivity contribution in [3.8, 4) is 0 Å². The lowest BCUT2D eigenvalue weighted by molar-refractivity contribution is -0.144. The molecule has 0 radical (unpaired) electrons. The van der Waals surface area contributed by atoms with Gasteiger partial charge in [-0.25, -0.2) is 4.79 Å². The quantitative estimate of drug-likeness (QED) is 0.627. The van der Waals surface area contributed by atoms with Crippen molar-refractivity contribution in [1.82, 2.24) is 4.57 Å². The zero-order valence-electron chi connectivity index (χ0n) is 7.56. The van der Waals surface area contributed by atoms with Crippen molar-refractivity contribution in [3.05, 3.63) is 34.7 Å². The van der Waals surface area contributed by atoms with Crippen LogP contribution < -0.4 is 5.56 Å². The molecule has 1 rings (SSSR count). The molecule has 0 aliphatic heterocycles. The first-order chi connectivity index (χ1) is 6.16. The molecule has 1 heterocycles. The van der Waals surface area contributed by atoms with E-state index >= 15 is 0 Å². The molecule has 1 aromatic rings. The van der Waals surface area contributed by atoms with Gasteiger partial charge in [0.1, 0.15) is 6.04 Å². The number of ether oxygens (including phenoxy) is 1. The first kappa shape index (κ1) is 9.51. The van der Waals surface area contributed by atoms with Crippen LogP contribution in [0, 0.1) is 0 Å². The Labute approximate surface area is 75.8 Å². The van der Waals surface area contributed by atoms with Crippen LogP contribution >= 0.6 is 0 Å². The molecule has 1 aromatic heterocycles. The van der Waals surface area contributed by atoms with Gasteiger partial charge in [-0.05, 0) is 13.0 Å². The Balaban J connectivity index is 3.02. The Morgan fingerprint density at radius 1 is 1.54 bits per heavy atom. The third-order valence-corrected chi connectivity index (χ3v) is 1.81. The molecule has 1 unspecified atom stereocenters. The van der Waals surface area contributed by atoms with Gasteiger partial charge in [-0.3, -0.25) is 4.79 Å². The topological polar surface area (TPSA) is 48.3 Å². The van der Waals surface area contributed by atoms with E-state index in [-0.39, 0.29) is 5.56 Å². The number of carbonyl (C=O) groups excluding carboxylic acids is 1. The molecule has 0 aromatic carbocycles. The van der Waals surface area contributed by atoms with Crippen LogP contribution in [0.4, 0.5) is 0 Å². The highest BCUT2D eigenvalue weighted by Gasteiger charge is 2.14. The van der Waals surface area contributed by atoms with Crippen molar-refractivity contribution in [2.45, 2.75) is 13.0 Å². The molecule has 0 amide bonds. The van der Waals surface area contributed by atoms with Gasteiger partial charge in [0.2, 0.25) is 0 Å². The van der Waals surface area contributed by atoms with Crippen LogP contribution in [0.1, 0.15) is 13.0 Å². The summed E-state index contributed by atoms with van der Waals surface area (Å²) in [7, 11) is 1.30. The molecule has 0 aliphatic rings. The third kappa shape index (κ3) is 1.96. The van der Waals surface area contributed by atoms with Crippen molar-refractivity contribution in [2.24, 2.45) is 0 Å². The van der Waals surface area contributed by atoms with Crippen LogP contribution in [-0.2, 0) is 9.53 Å². The van der Waals surface area contributed by atoms with E-state index in [1.54, 1.807) is 25.3 Å². The first-order valence-corrected chi connectivity index (χ1v) is 3.92. The van der Waals surface area contributed by atoms with E-state index in [2.05, 4.69) is 4.74 Å². The highest BCUT2D eigenvalue weighted by molar-refractivity contribution is 5.73. The molecule has 0 spiro atoms. The Hall–Kier alpha value is -1.58. The number of rotatable bonds is 2. The van der Waals surface area contributed by atoms with Gasteiger partial charge in [0, 0.05) is 12.3 Å². The zero-order valence-corrected chi connectivity index (χ0v) is 7.56. The minimum absolute atomic E-state index is 0.208. The Morgan fingerprint density at radius 2 is 2.23 bits per heavy atom. The summed E-state index contributed by atoms with van der Waals surface area (Å²) in [4.78, 5) is 22.3. The maximum Gasteiger partial charge on any atom is 0.328 e. The second kappa shape index (κ2) is 3.89. The van der Waals surface area contributed by atoms with E-state index in [9.17, 15) is 9.59 Å². The predicted molar refractivity (Wildman–Crippen MR) is 47.4 cm³/mol. The van der Waals surface area contributed by atoms with Crippen LogP contribution in [0.3, 0.4) is 0 Å². The molecule has 0 saturated carbocycles. The monoisotopic (exact) mass is 181 g/mol. The van der Waals surface area contributed by atoms with Gasteiger partial charge in [-0.15, -0.1) is 0 Å². The fourth-order valence-electron chi connectivity index (χ4n) is 1.04. The van der Waals surface area contributed by atoms with Gasteiger partial charge >= 0.3 is 5.97 Å². The Bertz CT molecular complexity index is 356. The zero-order chi connectivity index (χ0) is 9.84. The number of hydrogen-bond donors (Lipinski definition) is 0. The normalized spacial score (nSPS) is 12.2. The maximum absolute atomic E-state index is 11.2. The molecule has 13 heavy (non-hydrogen) atoms. The smallest absolute Gasteiger partial charge is 0.328 e. The number of aromatic nitrogens is 1. The summed E-state index contributed by atoms with van der Waals surface area (Å²) < 4.78 is 5.85. The van der Waals surface area contributed by atoms with E-state index in [0.717, 1.165) is 0 Å². The van der Waals surface area contributed by atoms with Gasteiger partial charge in [0.25, 0.3) is 5.56 Å². The molecule has 70 valence electrons. The predicted octanol–water partition coefficient (Wildman–Crippen LogP) is 0.582. The summed E-state index contributed by atoms with van der Waals surface area (Å²) in [5, 5.41) is 0. The third-order valence-electron chi connectivity index (χ3n) is 1.81. The standard InChI is InChI=1S/C9H11NO3/c1-7(9(12)13-2)10-6-4-3-5-8(10)11/h3-7H,1-2H3. The van der Waals surface area contributed by atoms with E-state index in [1.807, 2.05) is 0 Å². The van der Waals surface area contributed by atoms with Crippen LogP contribution in [0.2, 0.25) is 0 Å². The second-order valence-corrected chi connectivity index (χ2v) is 2.65. The number of hydrogen-bond acceptors (Lipinski definition) is 3. The molecule has 0 saturated heterocycles. The molecule has 0 fully saturated rings. The summed E-state index contributed by atoms with van der Waals surface area (Å²) in [5.41, 5.74) is -0.208. The average Bonchev–Trinajstić information content (AvgIpc) is 2.16. The SMILES string of the molecule is COC(=O)C(C)n1ccccc1=O. The van der Waals surface area contributed by atoms with E-state index in [1.165, 1.54) is 17.7 Å². The van der Waals surface area contributed by atoms with Crippen molar-refractivity contribution >= 4 is 5.97 Å². The van der Waals surface area contributed by atoms with Crippen molar-refractivity contribution in [1.29, 1.82) is 0 Å². The van der Waals surface area contributed by atoms with E-state index in [4.69, 9.17) is 0 Å². The molecular weight excluding hydrogens is 170 g/mol. The molecule has 1 atom stereocenters. The maximum atomic E-state index is 11.2. The minimum Gasteiger partial charge on any atom is -0.467 e. The fourth-order valence-corrected chi connectivity index (χ4v) is 1.04. The van der Waals surface area contributed by atoms with Crippen LogP contribution in [0.15, 0.2) is 29.2 Å². The van der Waals surface area contributed by atoms with Gasteiger partial charge in [0.05, 0.1) is 7.11 Å². The minimum atomic E-state index is -0.571. The molecule has 0 N–H and O–H groups in total. The lowest BCUT2D eigenvalue weighted by Crippen LogP contribution is -2.27. The lowest BCUT2D eigenvalue weighted by Gasteiger charge is -2.11. The van der Waals surface area contributed by atoms with Crippen molar-refractivity contribution in [3.63, 3.8) is 0 Å². The average molecular weight is 181 g/mol. The summed E-state index contributed by atoms with van der Waals surface area (Å²) in [6, 6.07) is 4.15. The number of nitrogens with zero attached hydrogens (tertiary/aromatic N) is 1. The fraction of sp³-hybridized carbons (Fsp3) is 0.333. The number of pyridine rings is 1. The number of methoxy groups -OCH3 is 1. The summed E-state index contributed by atoms with van der Waals surface area (Å²) in [6.07, 6.45) is 1.56. The van der Waals surface area contributed by atoms with Crippen LogP contribution in [0.5, 0.6) is 0 Å². The molecule has 0 aliphatic carbocycles. The van der Waals surface area contributed by atoms with Gasteiger partial charge in [-0.1, -0.05) is 6.07 Å². The van der Waals surface area contributed by atoms with Crippen molar-refractivity contribution in [2.75, 3.05) is 7.11 Å². The summed E-state index contributed by atoms with van der Waals surface area (Å²) >= 11 is 0. The summed E-state index contributed by atoms with van der Waals surface area (Å²) in [5.74, 6) is -0.423. The van der Waals surface area contributed by atoms with Crippen LogP contribution in [-0.4, -0.2) is 17.6 Å². The van der Waals surface area contributed by atoms with E-state index in [0.29, 0.717) is 0 Å². The van der Waals surface area contributed by atoms with Gasteiger partial charge < -0.3 is 9.30 Å². The largest absolute Gasteiger partial charge is 0.467 e. The lowest BCUT2D eigenvalue weighted by atomic mass is 10.3. The number of carbonyl (C=O) groups is 1. The Kier molecular flexibility index (Phi) is 2.84. The summed E-state index contributed by atoms with van der Waals surface area (Å²) in [6.45, 7) is 1.62. The first-order valence-electron chi connectivity index (χ1n) is 3.92. The van der Waals surface area contributed by atoms with Crippen molar-refractivity contribution < 1.29 is 9.53 Å². The highest BCUT2D eigenvalue weighted by Crippen LogP contribution is 2.02. The highest BCUT2D eigenvalue weighted by atomic mass is 16.5. The molecular formula is C9H11NO3. The molecule has 4 heteroatoms. The molecule has 0 bridgehead atoms. The van der Waals surface area contributed by atoms with E-state index < -0.39 is 12.0 Å². The van der Waals surface area contributed by atoms with Gasteiger partial charge in [-0.2, -0.15) is 0 Å². The second-order valence-electron chi connectivity index (χ2n) is 2.65. The molecule has 4 nitrogen and oxygen atoms in total. The van der Waals surface area contributed by atoms with Crippen LogP contribution in [0.25, 0.3) is 0 Å². The number of esters is 1. The Morgan fingerprint density at radius 3 is 2.77 bits per heavy atom.